The van der Waals surface area contributed by atoms with Gasteiger partial charge in [0.15, 0.2) is 6.35 Å². The van der Waals surface area contributed by atoms with E-state index in [0.29, 0.717) is 32.2 Å². The highest BCUT2D eigenvalue weighted by Gasteiger charge is 2.67. The van der Waals surface area contributed by atoms with Crippen LogP contribution >= 0.6 is 0 Å². The normalized spacial score (nSPS) is 34.7. The molecule has 38 heavy (non-hydrogen) atoms. The third-order valence-electron chi connectivity index (χ3n) is 8.17. The van der Waals surface area contributed by atoms with E-state index >= 15 is 0 Å². The van der Waals surface area contributed by atoms with Crippen LogP contribution in [0, 0.1) is 0 Å². The number of hydrazine groups is 3. The van der Waals surface area contributed by atoms with Crippen LogP contribution in [0.4, 0.5) is 0 Å². The summed E-state index contributed by atoms with van der Waals surface area (Å²) in [7, 11) is 0. The summed E-state index contributed by atoms with van der Waals surface area (Å²) in [5, 5.41) is 16.6. The van der Waals surface area contributed by atoms with E-state index in [1.165, 1.54) is 19.3 Å². The molecule has 3 saturated heterocycles. The summed E-state index contributed by atoms with van der Waals surface area (Å²) in [4.78, 5) is 7.57. The zero-order valence-corrected chi connectivity index (χ0v) is 21.9. The fourth-order valence-electron chi connectivity index (χ4n) is 6.58. The van der Waals surface area contributed by atoms with Crippen LogP contribution in [0.2, 0.25) is 0 Å². The number of likely N-dealkylation sites (tertiary alicyclic amines) is 1. The van der Waals surface area contributed by atoms with Crippen molar-refractivity contribution in [2.24, 2.45) is 4.99 Å². The van der Waals surface area contributed by atoms with Gasteiger partial charge in [0.25, 0.3) is 0 Å². The highest BCUT2D eigenvalue weighted by atomic mass is 16.5. The number of ether oxygens (including phenoxy) is 3. The number of allylic oxidation sites excluding steroid dienone is 2. The second-order valence-corrected chi connectivity index (χ2v) is 10.4. The lowest BCUT2D eigenvalue weighted by atomic mass is 9.91. The molecule has 0 bridgehead atoms. The van der Waals surface area contributed by atoms with Gasteiger partial charge < -0.3 is 29.9 Å². The lowest BCUT2D eigenvalue weighted by Gasteiger charge is -2.52. The van der Waals surface area contributed by atoms with Gasteiger partial charge in [-0.25, -0.2) is 15.1 Å². The molecule has 3 atom stereocenters. The number of hydrogen-bond acceptors (Lipinski definition) is 12. The van der Waals surface area contributed by atoms with E-state index in [2.05, 4.69) is 59.3 Å². The van der Waals surface area contributed by atoms with Crippen molar-refractivity contribution in [1.29, 1.82) is 0 Å². The van der Waals surface area contributed by atoms with E-state index in [4.69, 9.17) is 19.2 Å². The quantitative estimate of drug-likeness (QED) is 0.433. The van der Waals surface area contributed by atoms with E-state index in [-0.39, 0.29) is 12.5 Å². The molecule has 0 aromatic carbocycles. The van der Waals surface area contributed by atoms with Crippen molar-refractivity contribution >= 4 is 5.90 Å². The monoisotopic (exact) mass is 525 g/mol. The van der Waals surface area contributed by atoms with Crippen LogP contribution in [0.3, 0.4) is 0 Å². The molecule has 0 aromatic heterocycles. The summed E-state index contributed by atoms with van der Waals surface area (Å²) in [6, 6.07) is 0. The van der Waals surface area contributed by atoms with Gasteiger partial charge in [-0.15, -0.1) is 5.01 Å². The fourth-order valence-corrected chi connectivity index (χ4v) is 6.58. The summed E-state index contributed by atoms with van der Waals surface area (Å²) in [5.74, 6) is 1.83. The number of aliphatic imine (C=N–C) groups is 1. The Morgan fingerprint density at radius 3 is 2.58 bits per heavy atom. The van der Waals surface area contributed by atoms with E-state index < -0.39 is 5.66 Å². The van der Waals surface area contributed by atoms with Crippen molar-refractivity contribution in [2.45, 2.75) is 37.4 Å². The summed E-state index contributed by atoms with van der Waals surface area (Å²) in [5.41, 5.74) is 3.73. The topological polar surface area (TPSA) is 92.3 Å². The third kappa shape index (κ3) is 3.93. The number of piperazine rings is 1. The molecule has 3 unspecified atom stereocenters. The second-order valence-electron chi connectivity index (χ2n) is 10.4. The van der Waals surface area contributed by atoms with Crippen molar-refractivity contribution in [3.63, 3.8) is 0 Å². The first-order chi connectivity index (χ1) is 18.9. The summed E-state index contributed by atoms with van der Waals surface area (Å²) >= 11 is 0. The Hall–Kier alpha value is -2.61. The molecular weight excluding hydrogens is 486 g/mol. The van der Waals surface area contributed by atoms with Crippen LogP contribution in [0.5, 0.6) is 0 Å². The highest BCUT2D eigenvalue weighted by molar-refractivity contribution is 5.92. The molecule has 0 aliphatic carbocycles. The maximum absolute atomic E-state index is 6.44. The van der Waals surface area contributed by atoms with E-state index in [0.717, 1.165) is 57.2 Å². The third-order valence-corrected chi connectivity index (χ3v) is 8.17. The predicted octanol–water partition coefficient (Wildman–Crippen LogP) is -0.132. The van der Waals surface area contributed by atoms with Gasteiger partial charge in [0.1, 0.15) is 18.5 Å². The first-order valence-electron chi connectivity index (χ1n) is 14.1. The Balaban J connectivity index is 1.49. The first kappa shape index (κ1) is 24.4. The Morgan fingerprint density at radius 1 is 1.00 bits per heavy atom. The van der Waals surface area contributed by atoms with Crippen molar-refractivity contribution in [1.82, 2.24) is 41.1 Å². The summed E-state index contributed by atoms with van der Waals surface area (Å²) in [6.45, 7) is 8.89. The number of piperidine rings is 1. The Morgan fingerprint density at radius 2 is 1.89 bits per heavy atom. The molecule has 0 amide bonds. The molecule has 0 aromatic rings. The van der Waals surface area contributed by atoms with Gasteiger partial charge in [-0.3, -0.25) is 5.32 Å². The maximum atomic E-state index is 6.44. The van der Waals surface area contributed by atoms with Gasteiger partial charge in [0.2, 0.25) is 11.6 Å². The molecule has 0 saturated carbocycles. The fraction of sp³-hybridized carbons (Fsp3) is 0.654. The molecule has 3 N–H and O–H groups in total. The minimum Gasteiger partial charge on any atom is -0.489 e. The average Bonchev–Trinajstić information content (AvgIpc) is 3.80. The molecular formula is C26H39N9O3. The van der Waals surface area contributed by atoms with Gasteiger partial charge >= 0.3 is 0 Å². The molecule has 3 fully saturated rings. The number of hydrogen-bond donors (Lipinski definition) is 3. The standard InChI is InChI=1S/C26H39N9O3/c1-3-13-31(14-4-1)23-22(21-7-2-5-18-36-21)26(24-28-11-19-37-24,33-15-6-8-30-33)34(25-29-12-20-38-25)35(23)32-16-9-27-10-17-32/h2,5-8,18,21,25,27,29-30H,1,3-4,9-17,19-20H2. The highest BCUT2D eigenvalue weighted by Crippen LogP contribution is 2.49. The van der Waals surface area contributed by atoms with Crippen LogP contribution in [0.1, 0.15) is 19.3 Å². The maximum Gasteiger partial charge on any atom is 0.228 e. The van der Waals surface area contributed by atoms with Crippen LogP contribution < -0.4 is 16.1 Å². The minimum absolute atomic E-state index is 0.303. The van der Waals surface area contributed by atoms with Crippen LogP contribution in [0.25, 0.3) is 0 Å². The van der Waals surface area contributed by atoms with Gasteiger partial charge in [-0.1, -0.05) is 12.2 Å². The van der Waals surface area contributed by atoms with Gasteiger partial charge in [0, 0.05) is 58.6 Å². The van der Waals surface area contributed by atoms with Crippen molar-refractivity contribution in [3.05, 3.63) is 48.2 Å². The molecule has 0 spiro atoms. The minimum atomic E-state index is -0.917. The van der Waals surface area contributed by atoms with Gasteiger partial charge in [-0.05, 0) is 31.4 Å². The molecule has 12 heteroatoms. The zero-order valence-electron chi connectivity index (χ0n) is 21.9. The SMILES string of the molecule is C1=COC(C2=C(N3CCCCC3)N(N3CCNCC3)N(C3NCCO3)C2(C2=NCCO2)N2CC=CN2)C=C1. The molecule has 7 aliphatic rings. The molecule has 206 valence electrons. The van der Waals surface area contributed by atoms with Crippen LogP contribution in [-0.4, -0.2) is 121 Å². The van der Waals surface area contributed by atoms with Crippen LogP contribution in [0.15, 0.2) is 53.2 Å². The number of nitrogens with zero attached hydrogens (tertiary/aromatic N) is 6. The lowest BCUT2D eigenvalue weighted by Crippen LogP contribution is -2.75. The molecule has 12 nitrogen and oxygen atoms in total. The van der Waals surface area contributed by atoms with E-state index in [1.807, 2.05) is 12.3 Å². The summed E-state index contributed by atoms with van der Waals surface area (Å²) in [6.07, 6.45) is 15.0. The molecule has 7 aliphatic heterocycles. The van der Waals surface area contributed by atoms with Crippen molar-refractivity contribution < 1.29 is 14.2 Å². The Bertz CT molecular complexity index is 1020. The average molecular weight is 526 g/mol. The molecule has 7 heterocycles. The van der Waals surface area contributed by atoms with Gasteiger partial charge in [0.05, 0.1) is 25.0 Å². The number of nitrogens with one attached hydrogen (secondary N) is 3. The van der Waals surface area contributed by atoms with Gasteiger partial charge in [-0.2, -0.15) is 5.01 Å². The van der Waals surface area contributed by atoms with Crippen molar-refractivity contribution in [2.75, 3.05) is 72.1 Å². The van der Waals surface area contributed by atoms with Crippen molar-refractivity contribution in [3.8, 4) is 0 Å². The smallest absolute Gasteiger partial charge is 0.228 e. The molecule has 7 rings (SSSR count). The Labute approximate surface area is 224 Å². The largest absolute Gasteiger partial charge is 0.489 e. The lowest BCUT2D eigenvalue weighted by molar-refractivity contribution is -0.273. The summed E-state index contributed by atoms with van der Waals surface area (Å²) < 4.78 is 19.3. The second kappa shape index (κ2) is 10.5. The molecule has 0 radical (unpaired) electrons. The first-order valence-corrected chi connectivity index (χ1v) is 14.1. The zero-order chi connectivity index (χ0) is 25.4. The van der Waals surface area contributed by atoms with E-state index in [1.54, 1.807) is 6.26 Å². The Kier molecular flexibility index (Phi) is 6.76. The van der Waals surface area contributed by atoms with E-state index in [9.17, 15) is 0 Å². The predicted molar refractivity (Wildman–Crippen MR) is 141 cm³/mol. The number of rotatable bonds is 6. The van der Waals surface area contributed by atoms with Crippen LogP contribution in [-0.2, 0) is 14.2 Å².